The van der Waals surface area contributed by atoms with Crippen molar-refractivity contribution in [3.8, 4) is 5.75 Å². The highest BCUT2D eigenvalue weighted by atomic mass is 33.1. The van der Waals surface area contributed by atoms with Gasteiger partial charge in [0.25, 0.3) is 0 Å². The molecule has 5 aromatic rings. The molecule has 17 N–H and O–H groups in total. The molecule has 3 heterocycles. The largest absolute Gasteiger partial charge is 0.508 e. The van der Waals surface area contributed by atoms with Gasteiger partial charge < -0.3 is 84.2 Å². The molecule has 0 spiro atoms. The van der Waals surface area contributed by atoms with Crippen LogP contribution >= 0.6 is 21.6 Å². The second kappa shape index (κ2) is 38.0. The van der Waals surface area contributed by atoms with Gasteiger partial charge in [0.15, 0.2) is 0 Å². The van der Waals surface area contributed by atoms with Gasteiger partial charge in [0.05, 0.1) is 18.8 Å². The molecule has 2 aromatic heterocycles. The molecule has 0 aliphatic carbocycles. The van der Waals surface area contributed by atoms with E-state index in [0.717, 1.165) is 32.5 Å². The molecular weight excluding hydrogens is 1320 g/mol. The van der Waals surface area contributed by atoms with Crippen molar-refractivity contribution < 1.29 is 72.9 Å². The number of aromatic hydroxyl groups is 1. The van der Waals surface area contributed by atoms with E-state index in [-0.39, 0.29) is 61.7 Å². The first-order chi connectivity index (χ1) is 47.0. The van der Waals surface area contributed by atoms with E-state index in [0.29, 0.717) is 28.8 Å². The van der Waals surface area contributed by atoms with Gasteiger partial charge in [-0.1, -0.05) is 150 Å². The smallest absolute Gasteiger partial charge is 0.326 e. The first-order valence-electron chi connectivity index (χ1n) is 32.9. The molecule has 13 atom stereocenters. The summed E-state index contributed by atoms with van der Waals surface area (Å²) in [6.07, 6.45) is 3.23. The third-order valence-electron chi connectivity index (χ3n) is 17.0. The lowest BCUT2D eigenvalue weighted by molar-refractivity contribution is -0.142. The number of hydrogen-bond acceptors (Lipinski definition) is 17. The third-order valence-corrected chi connectivity index (χ3v) is 19.4. The number of nitrogens with one attached hydrogen (secondary N) is 12. The second-order valence-corrected chi connectivity index (χ2v) is 28.1. The summed E-state index contributed by atoms with van der Waals surface area (Å²) in [7, 11) is 2.11. The lowest BCUT2D eigenvalue weighted by Crippen LogP contribution is -2.62. The molecule has 0 bridgehead atoms. The van der Waals surface area contributed by atoms with E-state index >= 15 is 0 Å². The Morgan fingerprint density at radius 3 is 1.73 bits per heavy atom. The topological polar surface area (TPSA) is 456 Å². The van der Waals surface area contributed by atoms with Gasteiger partial charge in [-0.2, -0.15) is 0 Å². The maximum atomic E-state index is 14.9. The van der Waals surface area contributed by atoms with Crippen molar-refractivity contribution in [2.24, 2.45) is 29.4 Å². The molecule has 10 amide bonds. The van der Waals surface area contributed by atoms with E-state index in [1.54, 1.807) is 110 Å². The van der Waals surface area contributed by atoms with E-state index < -0.39 is 162 Å². The van der Waals surface area contributed by atoms with Crippen LogP contribution in [0.15, 0.2) is 97.6 Å². The van der Waals surface area contributed by atoms with Crippen LogP contribution in [-0.4, -0.2) is 179 Å². The number of phenols is 1. The first kappa shape index (κ1) is 78.5. The molecule has 1 saturated heterocycles. The number of fused-ring (bicyclic) bond motifs is 1. The van der Waals surface area contributed by atoms with Crippen LogP contribution in [0.1, 0.15) is 103 Å². The summed E-state index contributed by atoms with van der Waals surface area (Å²) < 4.78 is 0. The number of para-hydroxylation sites is 1. The van der Waals surface area contributed by atoms with E-state index in [1.807, 2.05) is 18.2 Å². The molecule has 6 rings (SSSR count). The summed E-state index contributed by atoms with van der Waals surface area (Å²) in [4.78, 5) is 179. The van der Waals surface area contributed by atoms with Crippen LogP contribution < -0.4 is 58.9 Å². The van der Waals surface area contributed by atoms with Gasteiger partial charge >= 0.3 is 11.9 Å². The Kier molecular flexibility index (Phi) is 30.2. The Morgan fingerprint density at radius 1 is 0.586 bits per heavy atom. The number of aliphatic carboxylic acids is 2. The first-order valence-corrected chi connectivity index (χ1v) is 35.4. The van der Waals surface area contributed by atoms with Crippen LogP contribution in [0.5, 0.6) is 5.75 Å². The Bertz CT molecular complexity index is 3600. The molecule has 0 radical (unpaired) electrons. The standard InChI is InChI=1S/C68H92N14O15S2/c1-9-37(7)56(66(94)78-52(68(96)97)27-41-30-71-46-19-15-14-18-44(41)46)82-67(95)57(38(8)10-2)81-63(91)51(29-54(84)85)76-59(87)47(24-35(3)4)73-62(90)50(28-42-31-70-34-72-42)75-64(92)53-33-99-98-32-45(69)58(86)80-55(36(5)6)65(93)77-49(26-40-20-22-43(83)23-21-40)60(88)74-48(61(89)79-53)25-39-16-12-11-13-17-39/h11-23,30-31,34-38,45,47-53,55-57,71,83H,9-10,24-29,32-33,69H2,1-8H3,(H,70,72)(H,73,90)(H,74,88)(H,75,92)(H,76,87)(H,77,93)(H,78,94)(H,79,89)(H,80,86)(H,81,91)(H,82,95)(H,84,85)(H,96,97)/t37-,38-,45-,47-,48-,49-,50-,51-,52-,53+,55-,56-,57-/m0/s1. The zero-order valence-electron chi connectivity index (χ0n) is 56.6. The van der Waals surface area contributed by atoms with Gasteiger partial charge in [-0.3, -0.25) is 52.7 Å². The van der Waals surface area contributed by atoms with Crippen molar-refractivity contribution in [3.63, 3.8) is 0 Å². The number of carboxylic acid groups (broad SMARTS) is 2. The van der Waals surface area contributed by atoms with Crippen molar-refractivity contribution in [1.29, 1.82) is 0 Å². The van der Waals surface area contributed by atoms with Gasteiger partial charge in [-0.25, -0.2) is 9.78 Å². The van der Waals surface area contributed by atoms with Gasteiger partial charge in [0.1, 0.15) is 66.2 Å². The number of benzene rings is 3. The van der Waals surface area contributed by atoms with Gasteiger partial charge in [0, 0.05) is 66.2 Å². The highest BCUT2D eigenvalue weighted by Crippen LogP contribution is 2.25. The lowest BCUT2D eigenvalue weighted by Gasteiger charge is -2.31. The average molecular weight is 1410 g/mol. The fourth-order valence-corrected chi connectivity index (χ4v) is 13.1. The maximum absolute atomic E-state index is 14.9. The van der Waals surface area contributed by atoms with Crippen molar-refractivity contribution in [2.75, 3.05) is 11.5 Å². The van der Waals surface area contributed by atoms with Gasteiger partial charge in [-0.15, -0.1) is 0 Å². The van der Waals surface area contributed by atoms with E-state index in [2.05, 4.69) is 68.1 Å². The Hall–Kier alpha value is -9.49. The van der Waals surface area contributed by atoms with Crippen LogP contribution in [0.25, 0.3) is 10.9 Å². The minimum absolute atomic E-state index is 0.0520. The normalized spacial score (nSPS) is 19.7. The van der Waals surface area contributed by atoms with Crippen LogP contribution in [0.4, 0.5) is 0 Å². The van der Waals surface area contributed by atoms with E-state index in [4.69, 9.17) is 5.73 Å². The molecule has 99 heavy (non-hydrogen) atoms. The molecule has 1 aliphatic rings. The van der Waals surface area contributed by atoms with Crippen LogP contribution in [0.2, 0.25) is 0 Å². The number of nitrogens with zero attached hydrogens (tertiary/aromatic N) is 1. The van der Waals surface area contributed by atoms with Gasteiger partial charge in [0.2, 0.25) is 59.1 Å². The predicted octanol–water partition coefficient (Wildman–Crippen LogP) is 1.79. The Labute approximate surface area is 581 Å². The van der Waals surface area contributed by atoms with E-state index in [1.165, 1.54) is 24.7 Å². The number of aromatic amines is 2. The summed E-state index contributed by atoms with van der Waals surface area (Å²) in [5.41, 5.74) is 9.17. The summed E-state index contributed by atoms with van der Waals surface area (Å²) in [5.74, 6) is -14.0. The highest BCUT2D eigenvalue weighted by molar-refractivity contribution is 8.76. The van der Waals surface area contributed by atoms with Crippen LogP contribution in [0, 0.1) is 23.7 Å². The molecule has 536 valence electrons. The number of aromatic nitrogens is 3. The quantitative estimate of drug-likeness (QED) is 0.0291. The minimum Gasteiger partial charge on any atom is -0.508 e. The number of H-pyrrole nitrogens is 2. The molecule has 1 aliphatic heterocycles. The Morgan fingerprint density at radius 2 is 1.13 bits per heavy atom. The number of amides is 10. The number of phenolic OH excluding ortho intramolecular Hbond substituents is 1. The number of carbonyl (C=O) groups excluding carboxylic acids is 10. The number of imidazole rings is 1. The highest BCUT2D eigenvalue weighted by Gasteiger charge is 2.39. The summed E-state index contributed by atoms with van der Waals surface area (Å²) in [6.45, 7) is 13.6. The summed E-state index contributed by atoms with van der Waals surface area (Å²) in [6, 6.07) is 6.02. The Balaban J connectivity index is 1.24. The summed E-state index contributed by atoms with van der Waals surface area (Å²) >= 11 is 0. The number of rotatable bonds is 30. The molecule has 3 aromatic carbocycles. The van der Waals surface area contributed by atoms with E-state index in [9.17, 15) is 72.9 Å². The van der Waals surface area contributed by atoms with Gasteiger partial charge in [-0.05, 0) is 65.0 Å². The summed E-state index contributed by atoms with van der Waals surface area (Å²) in [5, 5.41) is 57.8. The minimum atomic E-state index is -1.87. The van der Waals surface area contributed by atoms with Crippen molar-refractivity contribution in [1.82, 2.24) is 68.1 Å². The fourth-order valence-electron chi connectivity index (χ4n) is 10.8. The zero-order valence-corrected chi connectivity index (χ0v) is 58.2. The lowest BCUT2D eigenvalue weighted by atomic mass is 9.94. The number of carboxylic acids is 2. The zero-order chi connectivity index (χ0) is 72.6. The van der Waals surface area contributed by atoms with Crippen LogP contribution in [-0.2, 0) is 83.2 Å². The van der Waals surface area contributed by atoms with Crippen molar-refractivity contribution in [2.45, 2.75) is 173 Å². The fraction of sp³-hybridized carbons (Fsp3) is 0.485. The molecule has 31 heteroatoms. The molecule has 1 fully saturated rings. The number of carbonyl (C=O) groups is 12. The second-order valence-electron chi connectivity index (χ2n) is 25.5. The van der Waals surface area contributed by atoms with Crippen LogP contribution in [0.3, 0.4) is 0 Å². The molecule has 29 nitrogen and oxygen atoms in total. The average Bonchev–Trinajstić information content (AvgIpc) is 1.78. The third kappa shape index (κ3) is 23.9. The number of hydrogen-bond donors (Lipinski definition) is 16. The number of nitrogens with two attached hydrogens (primary N) is 1. The molecular formula is C68H92N14O15S2. The maximum Gasteiger partial charge on any atom is 0.326 e. The monoisotopic (exact) mass is 1410 g/mol. The molecule has 0 unspecified atom stereocenters. The molecule has 0 saturated carbocycles. The van der Waals surface area contributed by atoms with Crippen molar-refractivity contribution >= 4 is 104 Å². The SMILES string of the molecule is CC[C@H](C)[C@H](NC(=O)[C@H](CC(=O)O)NC(=O)[C@H](CC(C)C)NC(=O)[C@H](Cc1cnc[nH]1)NC(=O)[C@H]1CSSC[C@H](N)C(=O)N[C@@H](C(C)C)C(=O)N[C@@H](Cc2ccc(O)cc2)C(=O)N[C@@H](Cc2ccccc2)C(=O)N1)C(=O)N[C@H](C(=O)N[C@@H](Cc1c[nH]c2ccccc12)C(=O)O)[C@@H](C)CC. The predicted molar refractivity (Wildman–Crippen MR) is 372 cm³/mol. The van der Waals surface area contributed by atoms with Crippen molar-refractivity contribution in [3.05, 3.63) is 120 Å².